The molecule has 3 heteroatoms. The maximum absolute atomic E-state index is 12.3. The number of nitrogens with one attached hydrogen (secondary N) is 1. The van der Waals surface area contributed by atoms with Gasteiger partial charge in [0.25, 0.3) is 0 Å². The molecule has 1 unspecified atom stereocenters. The number of rotatable bonds is 5. The second-order valence-electron chi connectivity index (χ2n) is 5.74. The monoisotopic (exact) mass is 287 g/mol. The van der Waals surface area contributed by atoms with Crippen molar-refractivity contribution in [2.24, 2.45) is 0 Å². The third-order valence-electron chi connectivity index (χ3n) is 4.36. The summed E-state index contributed by atoms with van der Waals surface area (Å²) in [5.41, 5.74) is 4.31. The van der Waals surface area contributed by atoms with Crippen molar-refractivity contribution in [3.05, 3.63) is 46.5 Å². The molecule has 1 saturated carbocycles. The predicted molar refractivity (Wildman–Crippen MR) is 85.0 cm³/mol. The van der Waals surface area contributed by atoms with Gasteiger partial charge in [0.05, 0.1) is 12.6 Å². The van der Waals surface area contributed by atoms with Crippen LogP contribution in [0.1, 0.15) is 56.7 Å². The highest BCUT2D eigenvalue weighted by atomic mass is 16.3. The molecule has 1 fully saturated rings. The summed E-state index contributed by atoms with van der Waals surface area (Å²) >= 11 is 0. The van der Waals surface area contributed by atoms with Crippen molar-refractivity contribution in [2.45, 2.75) is 52.0 Å². The largest absolute Gasteiger partial charge is 0.394 e. The van der Waals surface area contributed by atoms with E-state index in [1.807, 2.05) is 31.2 Å². The number of aliphatic hydroxyl groups excluding tert-OH is 1. The van der Waals surface area contributed by atoms with Crippen LogP contribution in [0.15, 0.2) is 35.4 Å². The van der Waals surface area contributed by atoms with Crippen LogP contribution in [-0.2, 0) is 11.2 Å². The number of amides is 1. The fraction of sp³-hybridized carbons (Fsp3) is 0.500. The molecule has 1 amide bonds. The van der Waals surface area contributed by atoms with Gasteiger partial charge in [-0.2, -0.15) is 0 Å². The molecule has 3 nitrogen and oxygen atoms in total. The van der Waals surface area contributed by atoms with Gasteiger partial charge in [-0.1, -0.05) is 36.8 Å². The van der Waals surface area contributed by atoms with Crippen LogP contribution >= 0.6 is 0 Å². The molecule has 0 heterocycles. The van der Waals surface area contributed by atoms with Gasteiger partial charge < -0.3 is 10.4 Å². The number of benzene rings is 1. The van der Waals surface area contributed by atoms with E-state index < -0.39 is 0 Å². The van der Waals surface area contributed by atoms with Crippen molar-refractivity contribution in [3.63, 3.8) is 0 Å². The minimum absolute atomic E-state index is 0.0504. The van der Waals surface area contributed by atoms with Crippen molar-refractivity contribution in [3.8, 4) is 0 Å². The first kappa shape index (κ1) is 15.8. The predicted octanol–water partition coefficient (Wildman–Crippen LogP) is 3.29. The Morgan fingerprint density at radius 2 is 1.86 bits per heavy atom. The molecule has 114 valence electrons. The molecule has 0 aromatic heterocycles. The highest BCUT2D eigenvalue weighted by molar-refractivity contribution is 5.93. The molecule has 21 heavy (non-hydrogen) atoms. The lowest BCUT2D eigenvalue weighted by molar-refractivity contribution is -0.118. The van der Waals surface area contributed by atoms with Crippen LogP contribution in [0, 0.1) is 0 Å². The summed E-state index contributed by atoms with van der Waals surface area (Å²) in [5, 5.41) is 12.5. The zero-order valence-corrected chi connectivity index (χ0v) is 13.0. The number of aliphatic hydroxyl groups is 1. The quantitative estimate of drug-likeness (QED) is 0.816. The van der Waals surface area contributed by atoms with Gasteiger partial charge in [-0.15, -0.1) is 0 Å². The van der Waals surface area contributed by atoms with E-state index in [1.165, 1.54) is 24.0 Å². The third-order valence-corrected chi connectivity index (χ3v) is 4.36. The fourth-order valence-corrected chi connectivity index (χ4v) is 2.82. The Balaban J connectivity index is 2.07. The minimum Gasteiger partial charge on any atom is -0.394 e. The number of allylic oxidation sites excluding steroid dienone is 1. The Labute approximate surface area is 127 Å². The molecular formula is C18H25NO2. The van der Waals surface area contributed by atoms with Gasteiger partial charge in [0.2, 0.25) is 5.91 Å². The Hall–Kier alpha value is -1.61. The van der Waals surface area contributed by atoms with E-state index in [1.54, 1.807) is 0 Å². The lowest BCUT2D eigenvalue weighted by Gasteiger charge is -2.18. The van der Waals surface area contributed by atoms with Gasteiger partial charge in [0, 0.05) is 5.57 Å². The fourth-order valence-electron chi connectivity index (χ4n) is 2.82. The molecule has 1 aromatic rings. The molecule has 1 aliphatic rings. The van der Waals surface area contributed by atoms with Gasteiger partial charge in [-0.05, 0) is 50.2 Å². The highest BCUT2D eigenvalue weighted by Crippen LogP contribution is 2.27. The van der Waals surface area contributed by atoms with Gasteiger partial charge in [0.1, 0.15) is 0 Å². The summed E-state index contributed by atoms with van der Waals surface area (Å²) in [7, 11) is 0. The molecule has 1 aliphatic carbocycles. The molecule has 0 spiro atoms. The minimum atomic E-state index is -0.333. The zero-order chi connectivity index (χ0) is 15.2. The van der Waals surface area contributed by atoms with Crippen LogP contribution in [0.5, 0.6) is 0 Å². The SMILES string of the molecule is CCc1ccc(C(CO)NC(=O)C(C)=C2CCCC2)cc1. The Morgan fingerprint density at radius 3 is 2.38 bits per heavy atom. The molecule has 2 N–H and O–H groups in total. The van der Waals surface area contributed by atoms with Crippen molar-refractivity contribution < 1.29 is 9.90 Å². The number of hydrogen-bond acceptors (Lipinski definition) is 2. The molecular weight excluding hydrogens is 262 g/mol. The first-order valence-electron chi connectivity index (χ1n) is 7.85. The smallest absolute Gasteiger partial charge is 0.247 e. The van der Waals surface area contributed by atoms with E-state index in [0.29, 0.717) is 0 Å². The van der Waals surface area contributed by atoms with E-state index in [2.05, 4.69) is 12.2 Å². The van der Waals surface area contributed by atoms with Crippen molar-refractivity contribution >= 4 is 5.91 Å². The molecule has 0 saturated heterocycles. The number of carbonyl (C=O) groups is 1. The average molecular weight is 287 g/mol. The summed E-state index contributed by atoms with van der Waals surface area (Å²) in [4.78, 5) is 12.3. The van der Waals surface area contributed by atoms with Gasteiger partial charge in [0.15, 0.2) is 0 Å². The maximum Gasteiger partial charge on any atom is 0.247 e. The van der Waals surface area contributed by atoms with E-state index in [-0.39, 0.29) is 18.6 Å². The van der Waals surface area contributed by atoms with Crippen molar-refractivity contribution in [2.75, 3.05) is 6.61 Å². The van der Waals surface area contributed by atoms with E-state index in [4.69, 9.17) is 0 Å². The summed E-state index contributed by atoms with van der Waals surface area (Å²) < 4.78 is 0. The Kier molecular flexibility index (Phi) is 5.57. The van der Waals surface area contributed by atoms with Crippen molar-refractivity contribution in [1.82, 2.24) is 5.32 Å². The average Bonchev–Trinajstić information content (AvgIpc) is 3.06. The third kappa shape index (κ3) is 3.94. The first-order chi connectivity index (χ1) is 10.2. The number of hydrogen-bond donors (Lipinski definition) is 2. The van der Waals surface area contributed by atoms with E-state index >= 15 is 0 Å². The van der Waals surface area contributed by atoms with Crippen LogP contribution in [0.4, 0.5) is 0 Å². The summed E-state index contributed by atoms with van der Waals surface area (Å²) in [6.45, 7) is 3.92. The summed E-state index contributed by atoms with van der Waals surface area (Å²) in [6.07, 6.45) is 5.42. The molecule has 0 radical (unpaired) electrons. The summed E-state index contributed by atoms with van der Waals surface area (Å²) in [6, 6.07) is 7.73. The molecule has 1 aromatic carbocycles. The molecule has 0 aliphatic heterocycles. The number of aryl methyl sites for hydroxylation is 1. The van der Waals surface area contributed by atoms with Crippen LogP contribution < -0.4 is 5.32 Å². The lowest BCUT2D eigenvalue weighted by atomic mass is 10.0. The van der Waals surface area contributed by atoms with Crippen molar-refractivity contribution in [1.29, 1.82) is 0 Å². The Morgan fingerprint density at radius 1 is 1.24 bits per heavy atom. The van der Waals surface area contributed by atoms with E-state index in [9.17, 15) is 9.90 Å². The second kappa shape index (κ2) is 7.41. The van der Waals surface area contributed by atoms with Crippen LogP contribution in [0.3, 0.4) is 0 Å². The van der Waals surface area contributed by atoms with Crippen LogP contribution in [0.2, 0.25) is 0 Å². The molecule has 0 bridgehead atoms. The van der Waals surface area contributed by atoms with Crippen LogP contribution in [-0.4, -0.2) is 17.6 Å². The van der Waals surface area contributed by atoms with Gasteiger partial charge in [-0.25, -0.2) is 0 Å². The number of carbonyl (C=O) groups excluding carboxylic acids is 1. The Bertz CT molecular complexity index is 509. The molecule has 1 atom stereocenters. The summed E-state index contributed by atoms with van der Waals surface area (Å²) in [5.74, 6) is -0.0504. The maximum atomic E-state index is 12.3. The standard InChI is InChI=1S/C18H25NO2/c1-3-14-8-10-16(11-9-14)17(12-20)19-18(21)13(2)15-6-4-5-7-15/h8-11,17,20H,3-7,12H2,1-2H3,(H,19,21). The normalized spacial score (nSPS) is 15.9. The van der Waals surface area contributed by atoms with Crippen LogP contribution in [0.25, 0.3) is 0 Å². The topological polar surface area (TPSA) is 49.3 Å². The second-order valence-corrected chi connectivity index (χ2v) is 5.74. The lowest BCUT2D eigenvalue weighted by Crippen LogP contribution is -2.31. The van der Waals surface area contributed by atoms with Gasteiger partial charge in [-0.3, -0.25) is 4.79 Å². The van der Waals surface area contributed by atoms with E-state index in [0.717, 1.165) is 30.4 Å². The molecule has 2 rings (SSSR count). The highest BCUT2D eigenvalue weighted by Gasteiger charge is 2.18. The zero-order valence-electron chi connectivity index (χ0n) is 13.0. The first-order valence-corrected chi connectivity index (χ1v) is 7.85. The van der Waals surface area contributed by atoms with Gasteiger partial charge >= 0.3 is 0 Å².